The Balaban J connectivity index is 1.50. The van der Waals surface area contributed by atoms with E-state index in [2.05, 4.69) is 30.4 Å². The lowest BCUT2D eigenvalue weighted by Gasteiger charge is -2.38. The summed E-state index contributed by atoms with van der Waals surface area (Å²) in [4.78, 5) is 50.2. The molecule has 0 bridgehead atoms. The molecule has 160 valence electrons. The number of primary amides is 1. The molecule has 30 heavy (non-hydrogen) atoms. The Labute approximate surface area is 181 Å². The number of hydrogen-bond acceptors (Lipinski definition) is 9. The number of rotatable bonds is 4. The smallest absolute Gasteiger partial charge is 0.309 e. The van der Waals surface area contributed by atoms with Gasteiger partial charge in [0.25, 0.3) is 5.91 Å². The molecule has 2 aliphatic heterocycles. The Bertz CT molecular complexity index is 946. The minimum atomic E-state index is -1.04. The minimum Gasteiger partial charge on any atom is -0.361 e. The molecule has 0 spiro atoms. The number of likely N-dealkylation sites (N-methyl/N-ethyl adjacent to an activating group) is 1. The van der Waals surface area contributed by atoms with Gasteiger partial charge >= 0.3 is 11.8 Å². The molecule has 4 rings (SSSR count). The van der Waals surface area contributed by atoms with Crippen molar-refractivity contribution in [2.45, 2.75) is 31.5 Å². The summed E-state index contributed by atoms with van der Waals surface area (Å²) in [6.45, 7) is 2.81. The van der Waals surface area contributed by atoms with Gasteiger partial charge in [0.2, 0.25) is 0 Å². The first-order valence-electron chi connectivity index (χ1n) is 9.63. The molecule has 2 aromatic heterocycles. The molecule has 0 unspecified atom stereocenters. The van der Waals surface area contributed by atoms with Gasteiger partial charge in [0, 0.05) is 49.1 Å². The summed E-state index contributed by atoms with van der Waals surface area (Å²) in [6.07, 6.45) is 3.10. The molecule has 2 aliphatic rings. The standard InChI is InChI=1S/C18H23N7O3S2/c1-24-5-2-11-13(9-24)30-17(23-11)16(28)22-12-8-25(18-20-4-7-29-18)6-3-10(12)21-15(27)14(19)26/h4,7,10,12H,2-3,5-6,8-9H2,1H3,(H2,19,26)(H,21,27)(H,22,28)/t10-,12+/m0/s1. The largest absolute Gasteiger partial charge is 0.361 e. The van der Waals surface area contributed by atoms with Crippen LogP contribution in [-0.4, -0.2) is 71.4 Å². The topological polar surface area (TPSA) is 134 Å². The first kappa shape index (κ1) is 20.7. The number of aromatic nitrogens is 2. The predicted molar refractivity (Wildman–Crippen MR) is 113 cm³/mol. The summed E-state index contributed by atoms with van der Waals surface area (Å²) < 4.78 is 0. The van der Waals surface area contributed by atoms with Crippen molar-refractivity contribution in [1.29, 1.82) is 0 Å². The van der Waals surface area contributed by atoms with Crippen molar-refractivity contribution in [3.8, 4) is 0 Å². The zero-order valence-electron chi connectivity index (χ0n) is 16.5. The highest BCUT2D eigenvalue weighted by atomic mass is 32.1. The van der Waals surface area contributed by atoms with E-state index in [-0.39, 0.29) is 5.91 Å². The molecule has 1 fully saturated rings. The van der Waals surface area contributed by atoms with Crippen LogP contribution in [-0.2, 0) is 22.6 Å². The minimum absolute atomic E-state index is 0.277. The van der Waals surface area contributed by atoms with E-state index in [4.69, 9.17) is 5.73 Å². The fraction of sp³-hybridized carbons (Fsp3) is 0.500. The number of amides is 3. The third-order valence-electron chi connectivity index (χ3n) is 5.28. The summed E-state index contributed by atoms with van der Waals surface area (Å²) >= 11 is 2.92. The zero-order chi connectivity index (χ0) is 21.3. The van der Waals surface area contributed by atoms with E-state index < -0.39 is 23.9 Å². The maximum atomic E-state index is 13.0. The zero-order valence-corrected chi connectivity index (χ0v) is 18.1. The lowest BCUT2D eigenvalue weighted by molar-refractivity contribution is -0.137. The second kappa shape index (κ2) is 8.66. The van der Waals surface area contributed by atoms with Crippen molar-refractivity contribution in [2.24, 2.45) is 5.73 Å². The van der Waals surface area contributed by atoms with Gasteiger partial charge in [-0.15, -0.1) is 22.7 Å². The van der Waals surface area contributed by atoms with E-state index in [0.29, 0.717) is 24.5 Å². The van der Waals surface area contributed by atoms with Crippen LogP contribution in [0.5, 0.6) is 0 Å². The van der Waals surface area contributed by atoms with Crippen LogP contribution in [0, 0.1) is 0 Å². The molecule has 4 heterocycles. The van der Waals surface area contributed by atoms with Gasteiger partial charge in [-0.25, -0.2) is 9.97 Å². The van der Waals surface area contributed by atoms with Crippen LogP contribution in [0.2, 0.25) is 0 Å². The lowest BCUT2D eigenvalue weighted by atomic mass is 9.99. The quantitative estimate of drug-likeness (QED) is 0.539. The molecule has 2 atom stereocenters. The molecule has 2 aromatic rings. The summed E-state index contributed by atoms with van der Waals surface area (Å²) in [7, 11) is 2.05. The Morgan fingerprint density at radius 3 is 2.80 bits per heavy atom. The van der Waals surface area contributed by atoms with Crippen molar-refractivity contribution in [3.05, 3.63) is 27.2 Å². The number of nitrogens with one attached hydrogen (secondary N) is 2. The summed E-state index contributed by atoms with van der Waals surface area (Å²) in [5, 5.41) is 8.81. The van der Waals surface area contributed by atoms with Gasteiger partial charge in [0.05, 0.1) is 17.8 Å². The third-order valence-corrected chi connectivity index (χ3v) is 7.19. The number of carbonyl (C=O) groups excluding carboxylic acids is 3. The van der Waals surface area contributed by atoms with E-state index in [1.165, 1.54) is 22.7 Å². The van der Waals surface area contributed by atoms with Crippen molar-refractivity contribution < 1.29 is 14.4 Å². The Morgan fingerprint density at radius 2 is 2.07 bits per heavy atom. The van der Waals surface area contributed by atoms with E-state index in [0.717, 1.165) is 35.2 Å². The van der Waals surface area contributed by atoms with Gasteiger partial charge in [-0.2, -0.15) is 0 Å². The summed E-state index contributed by atoms with van der Waals surface area (Å²) in [6, 6.07) is -0.826. The molecule has 12 heteroatoms. The molecular formula is C18H23N7O3S2. The first-order chi connectivity index (χ1) is 14.4. The van der Waals surface area contributed by atoms with Crippen LogP contribution in [0.15, 0.2) is 11.6 Å². The highest BCUT2D eigenvalue weighted by Crippen LogP contribution is 2.26. The molecule has 10 nitrogen and oxygen atoms in total. The van der Waals surface area contributed by atoms with E-state index in [1.807, 2.05) is 12.4 Å². The average Bonchev–Trinajstić information content (AvgIpc) is 3.38. The number of fused-ring (bicyclic) bond motifs is 1. The number of nitrogens with two attached hydrogens (primary N) is 1. The molecule has 0 aliphatic carbocycles. The van der Waals surface area contributed by atoms with Crippen molar-refractivity contribution in [2.75, 3.05) is 31.6 Å². The summed E-state index contributed by atoms with van der Waals surface area (Å²) in [5.41, 5.74) is 6.07. The molecule has 1 saturated heterocycles. The maximum Gasteiger partial charge on any atom is 0.309 e. The second-order valence-corrected chi connectivity index (χ2v) is 9.41. The van der Waals surface area contributed by atoms with Crippen LogP contribution in [0.4, 0.5) is 5.13 Å². The maximum absolute atomic E-state index is 13.0. The molecule has 0 saturated carbocycles. The predicted octanol–water partition coefficient (Wildman–Crippen LogP) is -0.434. The van der Waals surface area contributed by atoms with E-state index in [1.54, 1.807) is 6.20 Å². The van der Waals surface area contributed by atoms with Crippen LogP contribution >= 0.6 is 22.7 Å². The van der Waals surface area contributed by atoms with Crippen LogP contribution in [0.3, 0.4) is 0 Å². The molecule has 0 radical (unpaired) electrons. The van der Waals surface area contributed by atoms with Crippen LogP contribution in [0.25, 0.3) is 0 Å². The van der Waals surface area contributed by atoms with E-state index >= 15 is 0 Å². The summed E-state index contributed by atoms with van der Waals surface area (Å²) in [5.74, 6) is -2.17. The molecule has 0 aromatic carbocycles. The highest BCUT2D eigenvalue weighted by molar-refractivity contribution is 7.14. The second-order valence-electron chi connectivity index (χ2n) is 7.45. The number of nitrogens with zero attached hydrogens (tertiary/aromatic N) is 4. The Morgan fingerprint density at radius 1 is 1.23 bits per heavy atom. The first-order valence-corrected chi connectivity index (χ1v) is 11.3. The van der Waals surface area contributed by atoms with Gasteiger partial charge in [-0.1, -0.05) is 0 Å². The van der Waals surface area contributed by atoms with Crippen LogP contribution in [0.1, 0.15) is 26.8 Å². The monoisotopic (exact) mass is 449 g/mol. The van der Waals surface area contributed by atoms with E-state index in [9.17, 15) is 14.4 Å². The number of piperidine rings is 1. The van der Waals surface area contributed by atoms with Crippen molar-refractivity contribution in [3.63, 3.8) is 0 Å². The fourth-order valence-electron chi connectivity index (χ4n) is 3.71. The van der Waals surface area contributed by atoms with Gasteiger partial charge in [-0.3, -0.25) is 14.4 Å². The van der Waals surface area contributed by atoms with Gasteiger partial charge in [0.15, 0.2) is 10.1 Å². The van der Waals surface area contributed by atoms with Gasteiger partial charge in [-0.05, 0) is 13.5 Å². The fourth-order valence-corrected chi connectivity index (χ4v) is 5.48. The number of carbonyl (C=O) groups is 3. The highest BCUT2D eigenvalue weighted by Gasteiger charge is 2.34. The lowest BCUT2D eigenvalue weighted by Crippen LogP contribution is -2.61. The Kier molecular flexibility index (Phi) is 5.97. The number of anilines is 1. The molecule has 4 N–H and O–H groups in total. The van der Waals surface area contributed by atoms with Gasteiger partial charge in [0.1, 0.15) is 0 Å². The van der Waals surface area contributed by atoms with Crippen molar-refractivity contribution >= 4 is 45.5 Å². The number of hydrogen-bond donors (Lipinski definition) is 3. The number of thiazole rings is 2. The van der Waals surface area contributed by atoms with Gasteiger partial charge < -0.3 is 26.2 Å². The van der Waals surface area contributed by atoms with Crippen LogP contribution < -0.4 is 21.3 Å². The normalized spacial score (nSPS) is 21.7. The Hall–Kier alpha value is -2.57. The average molecular weight is 450 g/mol. The SMILES string of the molecule is CN1CCc2nc(C(=O)N[C@@H]3CN(c4nccs4)CC[C@@H]3NC(=O)C(N)=O)sc2C1. The third kappa shape index (κ3) is 4.45. The van der Waals surface area contributed by atoms with Crippen molar-refractivity contribution in [1.82, 2.24) is 25.5 Å². The molecule has 3 amide bonds. The molecular weight excluding hydrogens is 426 g/mol.